The van der Waals surface area contributed by atoms with Crippen LogP contribution in [-0.2, 0) is 6.18 Å². The van der Waals surface area contributed by atoms with Gasteiger partial charge in [0, 0.05) is 6.20 Å². The lowest BCUT2D eigenvalue weighted by molar-refractivity contribution is -0.141. The van der Waals surface area contributed by atoms with Gasteiger partial charge in [-0.05, 0) is 40.2 Å². The van der Waals surface area contributed by atoms with Crippen LogP contribution < -0.4 is 5.32 Å². The van der Waals surface area contributed by atoms with Gasteiger partial charge in [-0.25, -0.2) is 9.97 Å². The summed E-state index contributed by atoms with van der Waals surface area (Å²) in [6, 6.07) is 5.73. The number of hydrogen-bond donors (Lipinski definition) is 1. The quantitative estimate of drug-likeness (QED) is 0.909. The number of halogens is 4. The molecular formula is C11H7BrF3N3. The van der Waals surface area contributed by atoms with Crippen molar-refractivity contribution in [1.29, 1.82) is 0 Å². The first-order valence-electron chi connectivity index (χ1n) is 4.87. The van der Waals surface area contributed by atoms with Gasteiger partial charge >= 0.3 is 6.18 Å². The molecule has 2 rings (SSSR count). The van der Waals surface area contributed by atoms with Crippen molar-refractivity contribution in [3.63, 3.8) is 0 Å². The Kier molecular flexibility index (Phi) is 3.51. The highest BCUT2D eigenvalue weighted by atomic mass is 79.9. The summed E-state index contributed by atoms with van der Waals surface area (Å²) in [6.07, 6.45) is -1.74. The van der Waals surface area contributed by atoms with Gasteiger partial charge < -0.3 is 5.32 Å². The number of rotatable bonds is 2. The summed E-state index contributed by atoms with van der Waals surface area (Å²) in [5.74, 6) is 0.513. The summed E-state index contributed by atoms with van der Waals surface area (Å²) in [4.78, 5) is 7.38. The van der Waals surface area contributed by atoms with E-state index in [1.165, 1.54) is 6.07 Å². The molecule has 0 fully saturated rings. The predicted octanol–water partition coefficient (Wildman–Crippen LogP) is 4.00. The molecule has 0 radical (unpaired) electrons. The largest absolute Gasteiger partial charge is 0.433 e. The second kappa shape index (κ2) is 4.93. The van der Waals surface area contributed by atoms with Crippen molar-refractivity contribution in [3.05, 3.63) is 46.8 Å². The highest BCUT2D eigenvalue weighted by Gasteiger charge is 2.31. The fraction of sp³-hybridized carbons (Fsp3) is 0.0909. The van der Waals surface area contributed by atoms with E-state index in [1.807, 2.05) is 0 Å². The molecular weight excluding hydrogens is 311 g/mol. The minimum Gasteiger partial charge on any atom is -0.338 e. The average Bonchev–Trinajstić information content (AvgIpc) is 2.32. The summed E-state index contributed by atoms with van der Waals surface area (Å²) in [5.41, 5.74) is -0.490. The summed E-state index contributed by atoms with van der Waals surface area (Å²) in [5, 5.41) is 2.86. The van der Waals surface area contributed by atoms with Crippen molar-refractivity contribution in [3.8, 4) is 0 Å². The maximum atomic E-state index is 12.3. The smallest absolute Gasteiger partial charge is 0.338 e. The number of aromatic nitrogens is 2. The normalized spacial score (nSPS) is 11.3. The van der Waals surface area contributed by atoms with Crippen molar-refractivity contribution >= 4 is 27.4 Å². The van der Waals surface area contributed by atoms with E-state index < -0.39 is 11.9 Å². The van der Waals surface area contributed by atoms with E-state index in [1.54, 1.807) is 18.3 Å². The molecule has 7 heteroatoms. The van der Waals surface area contributed by atoms with Crippen LogP contribution in [-0.4, -0.2) is 9.97 Å². The zero-order chi connectivity index (χ0) is 13.2. The van der Waals surface area contributed by atoms with Crippen molar-refractivity contribution in [2.45, 2.75) is 6.18 Å². The molecule has 0 atom stereocenters. The topological polar surface area (TPSA) is 37.8 Å². The van der Waals surface area contributed by atoms with E-state index in [-0.39, 0.29) is 0 Å². The van der Waals surface area contributed by atoms with E-state index in [0.717, 1.165) is 12.3 Å². The van der Waals surface area contributed by atoms with Crippen LogP contribution in [0.3, 0.4) is 0 Å². The molecule has 2 heterocycles. The van der Waals surface area contributed by atoms with Crippen LogP contribution in [0.4, 0.5) is 24.7 Å². The molecule has 0 spiro atoms. The molecule has 0 unspecified atom stereocenters. The number of pyridine rings is 2. The molecule has 94 valence electrons. The average molecular weight is 318 g/mol. The van der Waals surface area contributed by atoms with E-state index in [0.29, 0.717) is 16.0 Å². The SMILES string of the molecule is FC(F)(F)c1ccc(Nc2ncccc2Br)cn1. The molecule has 0 bridgehead atoms. The van der Waals surface area contributed by atoms with Gasteiger partial charge in [0.15, 0.2) is 0 Å². The first-order chi connectivity index (χ1) is 8.47. The molecule has 3 nitrogen and oxygen atoms in total. The summed E-state index contributed by atoms with van der Waals surface area (Å²) < 4.78 is 37.6. The molecule has 0 aliphatic rings. The van der Waals surface area contributed by atoms with Gasteiger partial charge in [0.2, 0.25) is 0 Å². The number of nitrogens with one attached hydrogen (secondary N) is 1. The van der Waals surface area contributed by atoms with E-state index >= 15 is 0 Å². The third-order valence-electron chi connectivity index (χ3n) is 2.08. The first-order valence-corrected chi connectivity index (χ1v) is 5.67. The van der Waals surface area contributed by atoms with Crippen molar-refractivity contribution in [1.82, 2.24) is 9.97 Å². The third kappa shape index (κ3) is 2.98. The summed E-state index contributed by atoms with van der Waals surface area (Å²) in [6.45, 7) is 0. The van der Waals surface area contributed by atoms with Crippen LogP contribution in [0, 0.1) is 0 Å². The third-order valence-corrected chi connectivity index (χ3v) is 2.72. The lowest BCUT2D eigenvalue weighted by Crippen LogP contribution is -2.07. The molecule has 0 aliphatic carbocycles. The Morgan fingerprint density at radius 3 is 2.44 bits per heavy atom. The van der Waals surface area contributed by atoms with E-state index in [2.05, 4.69) is 31.2 Å². The highest BCUT2D eigenvalue weighted by molar-refractivity contribution is 9.10. The minimum atomic E-state index is -4.43. The Balaban J connectivity index is 2.19. The van der Waals surface area contributed by atoms with Gasteiger partial charge in [-0.15, -0.1) is 0 Å². The Bertz CT molecular complexity index is 540. The van der Waals surface area contributed by atoms with Crippen LogP contribution in [0.5, 0.6) is 0 Å². The maximum Gasteiger partial charge on any atom is 0.433 e. The number of anilines is 2. The Labute approximate surface area is 109 Å². The standard InChI is InChI=1S/C11H7BrF3N3/c12-8-2-1-5-16-10(8)18-7-3-4-9(17-6-7)11(13,14)15/h1-6H,(H,16,18). The van der Waals surface area contributed by atoms with Gasteiger partial charge in [0.25, 0.3) is 0 Å². The van der Waals surface area contributed by atoms with Gasteiger partial charge in [-0.1, -0.05) is 0 Å². The first kappa shape index (κ1) is 12.8. The van der Waals surface area contributed by atoms with Crippen molar-refractivity contribution in [2.75, 3.05) is 5.32 Å². The Morgan fingerprint density at radius 2 is 1.89 bits per heavy atom. The van der Waals surface area contributed by atoms with Crippen molar-refractivity contribution < 1.29 is 13.2 Å². The van der Waals surface area contributed by atoms with Crippen LogP contribution in [0.1, 0.15) is 5.69 Å². The van der Waals surface area contributed by atoms with Gasteiger partial charge in [0.05, 0.1) is 16.4 Å². The van der Waals surface area contributed by atoms with Gasteiger partial charge in [0.1, 0.15) is 11.5 Å². The molecule has 2 aromatic rings. The van der Waals surface area contributed by atoms with Crippen molar-refractivity contribution in [2.24, 2.45) is 0 Å². The second-order valence-electron chi connectivity index (χ2n) is 3.39. The fourth-order valence-corrected chi connectivity index (χ4v) is 1.60. The maximum absolute atomic E-state index is 12.3. The van der Waals surface area contributed by atoms with Crippen LogP contribution in [0.25, 0.3) is 0 Å². The van der Waals surface area contributed by atoms with Crippen LogP contribution >= 0.6 is 15.9 Å². The number of alkyl halides is 3. The van der Waals surface area contributed by atoms with Crippen LogP contribution in [0.15, 0.2) is 41.1 Å². The Hall–Kier alpha value is -1.63. The zero-order valence-corrected chi connectivity index (χ0v) is 10.5. The summed E-state index contributed by atoms with van der Waals surface area (Å²) >= 11 is 3.27. The molecule has 18 heavy (non-hydrogen) atoms. The minimum absolute atomic E-state index is 0.433. The number of hydrogen-bond acceptors (Lipinski definition) is 3. The molecule has 0 saturated heterocycles. The zero-order valence-electron chi connectivity index (χ0n) is 8.87. The molecule has 0 saturated carbocycles. The van der Waals surface area contributed by atoms with Gasteiger partial charge in [-0.2, -0.15) is 13.2 Å². The molecule has 1 N–H and O–H groups in total. The summed E-state index contributed by atoms with van der Waals surface area (Å²) in [7, 11) is 0. The molecule has 2 aromatic heterocycles. The highest BCUT2D eigenvalue weighted by Crippen LogP contribution is 2.28. The van der Waals surface area contributed by atoms with E-state index in [4.69, 9.17) is 0 Å². The van der Waals surface area contributed by atoms with Gasteiger partial charge in [-0.3, -0.25) is 0 Å². The second-order valence-corrected chi connectivity index (χ2v) is 4.24. The molecule has 0 amide bonds. The lowest BCUT2D eigenvalue weighted by Gasteiger charge is -2.09. The lowest BCUT2D eigenvalue weighted by atomic mass is 10.3. The monoisotopic (exact) mass is 317 g/mol. The molecule has 0 aromatic carbocycles. The van der Waals surface area contributed by atoms with E-state index in [9.17, 15) is 13.2 Å². The number of nitrogens with zero attached hydrogens (tertiary/aromatic N) is 2. The molecule has 0 aliphatic heterocycles. The van der Waals surface area contributed by atoms with Crippen LogP contribution in [0.2, 0.25) is 0 Å². The Morgan fingerprint density at radius 1 is 1.11 bits per heavy atom. The predicted molar refractivity (Wildman–Crippen MR) is 64.5 cm³/mol. The fourth-order valence-electron chi connectivity index (χ4n) is 1.25.